The van der Waals surface area contributed by atoms with E-state index in [0.29, 0.717) is 0 Å². The highest BCUT2D eigenvalue weighted by molar-refractivity contribution is 7.99. The molecule has 1 fully saturated rings. The summed E-state index contributed by atoms with van der Waals surface area (Å²) >= 11 is 1.98. The maximum absolute atomic E-state index is 3.58. The van der Waals surface area contributed by atoms with Gasteiger partial charge in [-0.3, -0.25) is 0 Å². The SMILES string of the molecule is CCNC1CCN(CCC(C)SC)C(C)C1. The normalized spacial score (nSPS) is 29.2. The van der Waals surface area contributed by atoms with Crippen molar-refractivity contribution in [1.82, 2.24) is 10.2 Å². The summed E-state index contributed by atoms with van der Waals surface area (Å²) in [6.07, 6.45) is 6.19. The van der Waals surface area contributed by atoms with Crippen LogP contribution in [0, 0.1) is 0 Å². The van der Waals surface area contributed by atoms with E-state index >= 15 is 0 Å². The van der Waals surface area contributed by atoms with Crippen molar-refractivity contribution in [3.63, 3.8) is 0 Å². The Morgan fingerprint density at radius 2 is 2.25 bits per heavy atom. The zero-order valence-electron chi connectivity index (χ0n) is 11.3. The van der Waals surface area contributed by atoms with E-state index < -0.39 is 0 Å². The molecule has 0 aromatic carbocycles. The van der Waals surface area contributed by atoms with Crippen molar-refractivity contribution < 1.29 is 0 Å². The van der Waals surface area contributed by atoms with E-state index in [-0.39, 0.29) is 0 Å². The second kappa shape index (κ2) is 7.57. The molecule has 1 saturated heterocycles. The summed E-state index contributed by atoms with van der Waals surface area (Å²) in [6.45, 7) is 10.6. The molecule has 1 rings (SSSR count). The summed E-state index contributed by atoms with van der Waals surface area (Å²) in [6, 6.07) is 1.51. The molecule has 0 aromatic rings. The average molecular weight is 244 g/mol. The molecule has 16 heavy (non-hydrogen) atoms. The summed E-state index contributed by atoms with van der Waals surface area (Å²) in [4.78, 5) is 2.67. The van der Waals surface area contributed by atoms with Crippen LogP contribution in [-0.4, -0.2) is 48.1 Å². The van der Waals surface area contributed by atoms with E-state index in [2.05, 4.69) is 37.2 Å². The van der Waals surface area contributed by atoms with Crippen molar-refractivity contribution in [1.29, 1.82) is 0 Å². The Kier molecular flexibility index (Phi) is 6.78. The number of likely N-dealkylation sites (tertiary alicyclic amines) is 1. The van der Waals surface area contributed by atoms with Crippen LogP contribution in [0.4, 0.5) is 0 Å². The average Bonchev–Trinajstić information content (AvgIpc) is 2.28. The van der Waals surface area contributed by atoms with Crippen LogP contribution >= 0.6 is 11.8 Å². The molecule has 1 aliphatic heterocycles. The van der Waals surface area contributed by atoms with Crippen molar-refractivity contribution >= 4 is 11.8 Å². The highest BCUT2D eigenvalue weighted by atomic mass is 32.2. The molecule has 3 heteroatoms. The van der Waals surface area contributed by atoms with Crippen LogP contribution in [0.5, 0.6) is 0 Å². The van der Waals surface area contributed by atoms with Gasteiger partial charge in [0.15, 0.2) is 0 Å². The lowest BCUT2D eigenvalue weighted by Crippen LogP contribution is -2.47. The van der Waals surface area contributed by atoms with E-state index in [9.17, 15) is 0 Å². The molecule has 0 radical (unpaired) electrons. The molecule has 0 amide bonds. The number of piperidine rings is 1. The van der Waals surface area contributed by atoms with Gasteiger partial charge in [0, 0.05) is 17.3 Å². The first-order valence-electron chi connectivity index (χ1n) is 6.67. The summed E-state index contributed by atoms with van der Waals surface area (Å²) in [7, 11) is 0. The quantitative estimate of drug-likeness (QED) is 0.773. The van der Waals surface area contributed by atoms with Crippen molar-refractivity contribution in [2.45, 2.75) is 57.4 Å². The summed E-state index contributed by atoms with van der Waals surface area (Å²) in [5, 5.41) is 4.39. The minimum absolute atomic E-state index is 0.756. The molecule has 3 atom stereocenters. The first-order valence-corrected chi connectivity index (χ1v) is 7.96. The number of nitrogens with one attached hydrogen (secondary N) is 1. The second-order valence-electron chi connectivity index (χ2n) is 5.00. The molecule has 1 heterocycles. The van der Waals surface area contributed by atoms with Gasteiger partial charge in [0.05, 0.1) is 0 Å². The van der Waals surface area contributed by atoms with Gasteiger partial charge in [0.2, 0.25) is 0 Å². The predicted octanol–water partition coefficient (Wildman–Crippen LogP) is 2.59. The van der Waals surface area contributed by atoms with Crippen LogP contribution in [0.2, 0.25) is 0 Å². The van der Waals surface area contributed by atoms with Crippen LogP contribution in [0.15, 0.2) is 0 Å². The Morgan fingerprint density at radius 1 is 1.50 bits per heavy atom. The molecule has 96 valence electrons. The lowest BCUT2D eigenvalue weighted by atomic mass is 9.98. The third-order valence-corrected chi connectivity index (χ3v) is 4.77. The highest BCUT2D eigenvalue weighted by Gasteiger charge is 2.24. The highest BCUT2D eigenvalue weighted by Crippen LogP contribution is 2.19. The zero-order valence-corrected chi connectivity index (χ0v) is 12.1. The first-order chi connectivity index (χ1) is 7.67. The maximum Gasteiger partial charge on any atom is 0.00939 e. The zero-order chi connectivity index (χ0) is 12.0. The molecule has 0 aromatic heterocycles. The van der Waals surface area contributed by atoms with Crippen LogP contribution in [0.3, 0.4) is 0 Å². The van der Waals surface area contributed by atoms with Crippen molar-refractivity contribution in [2.24, 2.45) is 0 Å². The number of rotatable bonds is 6. The maximum atomic E-state index is 3.58. The third kappa shape index (κ3) is 4.64. The minimum atomic E-state index is 0.756. The van der Waals surface area contributed by atoms with Crippen molar-refractivity contribution in [2.75, 3.05) is 25.9 Å². The van der Waals surface area contributed by atoms with Crippen LogP contribution in [-0.2, 0) is 0 Å². The minimum Gasteiger partial charge on any atom is -0.314 e. The van der Waals surface area contributed by atoms with Gasteiger partial charge in [0.25, 0.3) is 0 Å². The Bertz CT molecular complexity index is 187. The standard InChI is InChI=1S/C13H28N2S/c1-5-14-13-7-9-15(11(2)10-13)8-6-12(3)16-4/h11-14H,5-10H2,1-4H3. The Hall–Kier alpha value is 0.270. The fourth-order valence-corrected chi connectivity index (χ4v) is 2.83. The van der Waals surface area contributed by atoms with E-state index in [0.717, 1.165) is 23.9 Å². The first kappa shape index (κ1) is 14.3. The van der Waals surface area contributed by atoms with Gasteiger partial charge < -0.3 is 10.2 Å². The van der Waals surface area contributed by atoms with E-state index in [1.54, 1.807) is 0 Å². The van der Waals surface area contributed by atoms with Gasteiger partial charge in [-0.05, 0) is 52.1 Å². The Morgan fingerprint density at radius 3 is 2.81 bits per heavy atom. The third-order valence-electron chi connectivity index (χ3n) is 3.73. The summed E-state index contributed by atoms with van der Waals surface area (Å²) < 4.78 is 0. The fourth-order valence-electron chi connectivity index (χ4n) is 2.49. The number of hydrogen-bond donors (Lipinski definition) is 1. The smallest absolute Gasteiger partial charge is 0.00939 e. The molecule has 3 unspecified atom stereocenters. The molecule has 2 nitrogen and oxygen atoms in total. The molecule has 1 aliphatic rings. The topological polar surface area (TPSA) is 15.3 Å². The van der Waals surface area contributed by atoms with E-state index in [4.69, 9.17) is 0 Å². The van der Waals surface area contributed by atoms with Gasteiger partial charge in [0.1, 0.15) is 0 Å². The molecular formula is C13H28N2S. The monoisotopic (exact) mass is 244 g/mol. The lowest BCUT2D eigenvalue weighted by Gasteiger charge is -2.38. The molecule has 0 aliphatic carbocycles. The Balaban J connectivity index is 2.25. The molecule has 1 N–H and O–H groups in total. The van der Waals surface area contributed by atoms with Gasteiger partial charge >= 0.3 is 0 Å². The Labute approximate surface area is 106 Å². The van der Waals surface area contributed by atoms with Crippen LogP contribution in [0.25, 0.3) is 0 Å². The molecule has 0 saturated carbocycles. The van der Waals surface area contributed by atoms with Gasteiger partial charge in [-0.25, -0.2) is 0 Å². The second-order valence-corrected chi connectivity index (χ2v) is 6.28. The van der Waals surface area contributed by atoms with Crippen molar-refractivity contribution in [3.05, 3.63) is 0 Å². The number of nitrogens with zero attached hydrogens (tertiary/aromatic N) is 1. The van der Waals surface area contributed by atoms with Gasteiger partial charge in [-0.1, -0.05) is 13.8 Å². The van der Waals surface area contributed by atoms with E-state index in [1.165, 1.54) is 32.4 Å². The number of hydrogen-bond acceptors (Lipinski definition) is 3. The largest absolute Gasteiger partial charge is 0.314 e. The summed E-state index contributed by atoms with van der Waals surface area (Å²) in [5.74, 6) is 0. The molecule has 0 bridgehead atoms. The molecular weight excluding hydrogens is 216 g/mol. The van der Waals surface area contributed by atoms with Crippen LogP contribution in [0.1, 0.15) is 40.0 Å². The number of thioether (sulfide) groups is 1. The van der Waals surface area contributed by atoms with Crippen LogP contribution < -0.4 is 5.32 Å². The van der Waals surface area contributed by atoms with Crippen molar-refractivity contribution in [3.8, 4) is 0 Å². The predicted molar refractivity (Wildman–Crippen MR) is 75.3 cm³/mol. The summed E-state index contributed by atoms with van der Waals surface area (Å²) in [5.41, 5.74) is 0. The van der Waals surface area contributed by atoms with Gasteiger partial charge in [-0.2, -0.15) is 11.8 Å². The fraction of sp³-hybridized carbons (Fsp3) is 1.00. The lowest BCUT2D eigenvalue weighted by molar-refractivity contribution is 0.135. The molecule has 0 spiro atoms. The van der Waals surface area contributed by atoms with Gasteiger partial charge in [-0.15, -0.1) is 0 Å². The van der Waals surface area contributed by atoms with E-state index in [1.807, 2.05) is 11.8 Å².